The fourth-order valence-corrected chi connectivity index (χ4v) is 6.18. The Morgan fingerprint density at radius 1 is 1.27 bits per heavy atom. The third-order valence-corrected chi connectivity index (χ3v) is 8.14. The van der Waals surface area contributed by atoms with Gasteiger partial charge < -0.3 is 10.0 Å². The first-order valence-electron chi connectivity index (χ1n) is 10.3. The van der Waals surface area contributed by atoms with E-state index in [0.717, 1.165) is 6.54 Å². The van der Waals surface area contributed by atoms with Crippen molar-refractivity contribution in [2.75, 3.05) is 30.5 Å². The molecule has 162 valence electrons. The van der Waals surface area contributed by atoms with Crippen molar-refractivity contribution in [3.8, 4) is 0 Å². The minimum absolute atomic E-state index is 0.132. The van der Waals surface area contributed by atoms with Crippen LogP contribution < -0.4 is 4.90 Å². The first-order chi connectivity index (χ1) is 14.5. The molecule has 0 saturated carbocycles. The Bertz CT molecular complexity index is 848. The summed E-state index contributed by atoms with van der Waals surface area (Å²) in [5.41, 5.74) is 3.68. The molecule has 1 aliphatic rings. The van der Waals surface area contributed by atoms with Crippen LogP contribution in [0.4, 0.5) is 11.4 Å². The lowest BCUT2D eigenvalue weighted by Gasteiger charge is -2.30. The summed E-state index contributed by atoms with van der Waals surface area (Å²) in [6, 6.07) is 15.7. The molecule has 3 rings (SSSR count). The summed E-state index contributed by atoms with van der Waals surface area (Å²) in [6.07, 6.45) is 5.70. The summed E-state index contributed by atoms with van der Waals surface area (Å²) < 4.78 is 2.41. The molecule has 2 aromatic carbocycles. The summed E-state index contributed by atoms with van der Waals surface area (Å²) >= 11 is 5.02. The van der Waals surface area contributed by atoms with Crippen molar-refractivity contribution in [1.82, 2.24) is 4.31 Å². The van der Waals surface area contributed by atoms with Gasteiger partial charge in [-0.1, -0.05) is 38.0 Å². The Morgan fingerprint density at radius 3 is 2.70 bits per heavy atom. The number of likely N-dealkylation sites (N-methyl/N-ethyl adjacent to an activating group) is 1. The zero-order valence-corrected chi connectivity index (χ0v) is 20.3. The Kier molecular flexibility index (Phi) is 8.86. The number of para-hydroxylation sites is 1. The molecule has 0 aromatic heterocycles. The van der Waals surface area contributed by atoms with E-state index in [2.05, 4.69) is 71.9 Å². The van der Waals surface area contributed by atoms with Gasteiger partial charge in [-0.2, -0.15) is 0 Å². The van der Waals surface area contributed by atoms with Gasteiger partial charge in [0.25, 0.3) is 0 Å². The highest BCUT2D eigenvalue weighted by molar-refractivity contribution is 7.99. The molecule has 0 saturated heterocycles. The number of carboxylic acids is 1. The average Bonchev–Trinajstić information content (AvgIpc) is 2.87. The molecular weight excluding hydrogens is 432 g/mol. The van der Waals surface area contributed by atoms with Crippen LogP contribution in [0.2, 0.25) is 0 Å². The minimum atomic E-state index is -0.761. The normalized spacial score (nSPS) is 16.9. The highest BCUT2D eigenvalue weighted by atomic mass is 32.2. The lowest BCUT2D eigenvalue weighted by atomic mass is 10.1. The first kappa shape index (κ1) is 23.4. The average molecular weight is 463 g/mol. The summed E-state index contributed by atoms with van der Waals surface area (Å²) in [7, 11) is 2.20. The summed E-state index contributed by atoms with van der Waals surface area (Å²) in [4.78, 5) is 15.9. The number of benzene rings is 2. The smallest absolute Gasteiger partial charge is 0.313 e. The second-order valence-electron chi connectivity index (χ2n) is 7.40. The van der Waals surface area contributed by atoms with Crippen LogP contribution in [0, 0.1) is 0 Å². The number of thioether (sulfide) groups is 2. The molecule has 0 bridgehead atoms. The van der Waals surface area contributed by atoms with E-state index in [4.69, 9.17) is 5.11 Å². The van der Waals surface area contributed by atoms with E-state index in [-0.39, 0.29) is 5.75 Å². The molecule has 0 fully saturated rings. The number of rotatable bonds is 9. The molecule has 4 nitrogen and oxygen atoms in total. The Morgan fingerprint density at radius 2 is 2.03 bits per heavy atom. The van der Waals surface area contributed by atoms with E-state index in [1.54, 1.807) is 11.8 Å². The molecule has 1 heterocycles. The van der Waals surface area contributed by atoms with Crippen LogP contribution >= 0.6 is 35.5 Å². The Hall–Kier alpha value is -1.28. The van der Waals surface area contributed by atoms with Gasteiger partial charge in [0, 0.05) is 33.8 Å². The third kappa shape index (κ3) is 5.90. The van der Waals surface area contributed by atoms with Crippen molar-refractivity contribution in [1.29, 1.82) is 0 Å². The Balaban J connectivity index is 2.00. The number of hydrogen-bond donors (Lipinski definition) is 1. The standard InChI is InChI=1S/C23H30N2O2S3/c1-4-5-9-19-14-25(18-10-7-6-8-11-18)20-13-21(28-3)17(15-29-16-23(26)27)12-22(20)30-24(19)2/h6-8,10-13,19H,4-5,9,14-16H2,1-3H3,(H,26,27). The van der Waals surface area contributed by atoms with Crippen LogP contribution in [-0.4, -0.2) is 47.0 Å². The van der Waals surface area contributed by atoms with Gasteiger partial charge in [0.2, 0.25) is 0 Å². The molecule has 1 unspecified atom stereocenters. The fourth-order valence-electron chi connectivity index (χ4n) is 3.65. The van der Waals surface area contributed by atoms with E-state index < -0.39 is 5.97 Å². The molecule has 1 aliphatic heterocycles. The van der Waals surface area contributed by atoms with Crippen molar-refractivity contribution in [2.45, 2.75) is 47.8 Å². The maximum atomic E-state index is 10.9. The van der Waals surface area contributed by atoms with Crippen LogP contribution in [-0.2, 0) is 10.5 Å². The van der Waals surface area contributed by atoms with Crippen LogP contribution in [0.1, 0.15) is 31.7 Å². The molecule has 0 spiro atoms. The van der Waals surface area contributed by atoms with Gasteiger partial charge >= 0.3 is 5.97 Å². The molecule has 7 heteroatoms. The molecule has 1 N–H and O–H groups in total. The zero-order valence-electron chi connectivity index (χ0n) is 17.8. The molecule has 30 heavy (non-hydrogen) atoms. The van der Waals surface area contributed by atoms with Crippen LogP contribution in [0.5, 0.6) is 0 Å². The predicted molar refractivity (Wildman–Crippen MR) is 132 cm³/mol. The summed E-state index contributed by atoms with van der Waals surface area (Å²) in [5, 5.41) is 9.00. The number of nitrogens with zero attached hydrogens (tertiary/aromatic N) is 2. The zero-order chi connectivity index (χ0) is 21.5. The third-order valence-electron chi connectivity index (χ3n) is 5.24. The highest BCUT2D eigenvalue weighted by Gasteiger charge is 2.28. The van der Waals surface area contributed by atoms with E-state index in [1.165, 1.54) is 57.8 Å². The number of carbonyl (C=O) groups is 1. The predicted octanol–water partition coefficient (Wildman–Crippen LogP) is 6.38. The summed E-state index contributed by atoms with van der Waals surface area (Å²) in [6.45, 7) is 3.21. The number of hydrogen-bond acceptors (Lipinski definition) is 6. The molecule has 1 atom stereocenters. The lowest BCUT2D eigenvalue weighted by Crippen LogP contribution is -2.35. The van der Waals surface area contributed by atoms with Crippen molar-refractivity contribution in [3.05, 3.63) is 48.0 Å². The van der Waals surface area contributed by atoms with Crippen molar-refractivity contribution >= 4 is 52.8 Å². The molecule has 0 radical (unpaired) electrons. The SMILES string of the molecule is CCCCC1CN(c2ccccc2)c2cc(SC)c(CSCC(=O)O)cc2SN1C. The second kappa shape index (κ2) is 11.4. The van der Waals surface area contributed by atoms with Gasteiger partial charge in [0.1, 0.15) is 0 Å². The quantitative estimate of drug-likeness (QED) is 0.343. The largest absolute Gasteiger partial charge is 0.481 e. The minimum Gasteiger partial charge on any atom is -0.481 e. The Labute approximate surface area is 192 Å². The number of fused-ring (bicyclic) bond motifs is 1. The van der Waals surface area contributed by atoms with Crippen LogP contribution in [0.15, 0.2) is 52.3 Å². The molecule has 0 aliphatic carbocycles. The summed E-state index contributed by atoms with van der Waals surface area (Å²) in [5.74, 6) is 0.0845. The van der Waals surface area contributed by atoms with E-state index >= 15 is 0 Å². The fraction of sp³-hybridized carbons (Fsp3) is 0.435. The van der Waals surface area contributed by atoms with E-state index in [0.29, 0.717) is 11.8 Å². The van der Waals surface area contributed by atoms with Crippen LogP contribution in [0.25, 0.3) is 0 Å². The molecule has 2 aromatic rings. The number of carboxylic acid groups (broad SMARTS) is 1. The van der Waals surface area contributed by atoms with Crippen molar-refractivity contribution in [3.63, 3.8) is 0 Å². The van der Waals surface area contributed by atoms with Gasteiger partial charge in [-0.05, 0) is 61.5 Å². The molecule has 0 amide bonds. The van der Waals surface area contributed by atoms with Gasteiger partial charge in [0.05, 0.1) is 11.4 Å². The number of unbranched alkanes of at least 4 members (excludes halogenated alkanes) is 1. The van der Waals surface area contributed by atoms with E-state index in [9.17, 15) is 4.79 Å². The second-order valence-corrected chi connectivity index (χ2v) is 10.4. The van der Waals surface area contributed by atoms with Crippen LogP contribution in [0.3, 0.4) is 0 Å². The number of anilines is 2. The topological polar surface area (TPSA) is 43.8 Å². The van der Waals surface area contributed by atoms with Crippen molar-refractivity contribution in [2.24, 2.45) is 0 Å². The monoisotopic (exact) mass is 462 g/mol. The van der Waals surface area contributed by atoms with Crippen molar-refractivity contribution < 1.29 is 9.90 Å². The van der Waals surface area contributed by atoms with Gasteiger partial charge in [-0.3, -0.25) is 4.79 Å². The van der Waals surface area contributed by atoms with Gasteiger partial charge in [0.15, 0.2) is 0 Å². The number of aliphatic carboxylic acids is 1. The van der Waals surface area contributed by atoms with Gasteiger partial charge in [-0.25, -0.2) is 4.31 Å². The molecular formula is C23H30N2O2S3. The highest BCUT2D eigenvalue weighted by Crippen LogP contribution is 2.44. The van der Waals surface area contributed by atoms with E-state index in [1.807, 2.05) is 11.9 Å². The maximum Gasteiger partial charge on any atom is 0.313 e. The van der Waals surface area contributed by atoms with Gasteiger partial charge in [-0.15, -0.1) is 23.5 Å². The lowest BCUT2D eigenvalue weighted by molar-refractivity contribution is -0.133. The maximum absolute atomic E-state index is 10.9. The first-order valence-corrected chi connectivity index (χ1v) is 13.4.